The number of anilines is 1. The Morgan fingerprint density at radius 3 is 2.83 bits per heavy atom. The zero-order chi connectivity index (χ0) is 21.3. The topological polar surface area (TPSA) is 58.2 Å². The van der Waals surface area contributed by atoms with Crippen LogP contribution in [0.2, 0.25) is 5.02 Å². The fourth-order valence-electron chi connectivity index (χ4n) is 4.09. The smallest absolute Gasteiger partial charge is 0.262 e. The molecule has 2 aromatic rings. The van der Waals surface area contributed by atoms with E-state index in [9.17, 15) is 9.59 Å². The van der Waals surface area contributed by atoms with Gasteiger partial charge in [-0.25, -0.2) is 0 Å². The number of fused-ring (bicyclic) bond motifs is 1. The van der Waals surface area contributed by atoms with Gasteiger partial charge in [-0.3, -0.25) is 9.59 Å². The van der Waals surface area contributed by atoms with Gasteiger partial charge >= 0.3 is 0 Å². The highest BCUT2D eigenvalue weighted by molar-refractivity contribution is 8.04. The third kappa shape index (κ3) is 4.57. The van der Waals surface area contributed by atoms with Crippen LogP contribution in [0.4, 0.5) is 5.69 Å². The molecule has 156 valence electrons. The lowest BCUT2D eigenvalue weighted by molar-refractivity contribution is -0.112. The number of carbonyl (C=O) groups excluding carboxylic acids is 2. The first-order valence-corrected chi connectivity index (χ1v) is 11.5. The fraction of sp³-hybridized carbons (Fsp3) is 0.333. The SMILES string of the molecule is CC1CCCC(NC(=O)c2ccc3c(c2)NC(=O)C(=Cc2cccc(Cl)c2)S3)C1C. The van der Waals surface area contributed by atoms with E-state index in [1.807, 2.05) is 36.4 Å². The zero-order valence-corrected chi connectivity index (χ0v) is 18.6. The van der Waals surface area contributed by atoms with Crippen molar-refractivity contribution in [2.45, 2.75) is 44.0 Å². The Balaban J connectivity index is 1.50. The molecule has 3 unspecified atom stereocenters. The first-order chi connectivity index (χ1) is 14.4. The van der Waals surface area contributed by atoms with Gasteiger partial charge in [0.1, 0.15) is 0 Å². The van der Waals surface area contributed by atoms with Crippen molar-refractivity contribution in [2.75, 3.05) is 5.32 Å². The second-order valence-electron chi connectivity index (χ2n) is 8.18. The van der Waals surface area contributed by atoms with Crippen molar-refractivity contribution in [3.05, 3.63) is 63.5 Å². The number of hydrogen-bond acceptors (Lipinski definition) is 3. The molecule has 1 aliphatic carbocycles. The Hall–Kier alpha value is -2.24. The Kier molecular flexibility index (Phi) is 6.21. The minimum atomic E-state index is -0.181. The van der Waals surface area contributed by atoms with E-state index in [1.165, 1.54) is 18.2 Å². The molecule has 2 N–H and O–H groups in total. The molecule has 1 aliphatic heterocycles. The lowest BCUT2D eigenvalue weighted by atomic mass is 9.78. The number of thioether (sulfide) groups is 1. The van der Waals surface area contributed by atoms with Crippen LogP contribution in [0.1, 0.15) is 49.0 Å². The Labute approximate surface area is 186 Å². The summed E-state index contributed by atoms with van der Waals surface area (Å²) in [4.78, 5) is 26.9. The van der Waals surface area contributed by atoms with Crippen LogP contribution in [0.5, 0.6) is 0 Å². The maximum Gasteiger partial charge on any atom is 0.262 e. The molecule has 2 amide bonds. The van der Waals surface area contributed by atoms with Crippen LogP contribution in [-0.4, -0.2) is 17.9 Å². The molecule has 6 heteroatoms. The molecule has 2 aliphatic rings. The van der Waals surface area contributed by atoms with Gasteiger partial charge in [0.05, 0.1) is 10.6 Å². The highest BCUT2D eigenvalue weighted by Crippen LogP contribution is 2.39. The number of rotatable bonds is 3. The molecule has 4 rings (SSSR count). The molecule has 3 atom stereocenters. The van der Waals surface area contributed by atoms with E-state index in [0.29, 0.717) is 33.0 Å². The predicted octanol–water partition coefficient (Wildman–Crippen LogP) is 5.98. The molecule has 1 saturated carbocycles. The summed E-state index contributed by atoms with van der Waals surface area (Å²) in [7, 11) is 0. The molecule has 0 spiro atoms. The predicted molar refractivity (Wildman–Crippen MR) is 124 cm³/mol. The molecular formula is C24H25ClN2O2S. The van der Waals surface area contributed by atoms with Crippen molar-refractivity contribution in [1.29, 1.82) is 0 Å². The largest absolute Gasteiger partial charge is 0.349 e. The highest BCUT2D eigenvalue weighted by Gasteiger charge is 2.29. The summed E-state index contributed by atoms with van der Waals surface area (Å²) in [5.41, 5.74) is 2.11. The van der Waals surface area contributed by atoms with E-state index in [0.717, 1.165) is 23.3 Å². The number of benzene rings is 2. The fourth-order valence-corrected chi connectivity index (χ4v) is 5.22. The summed E-state index contributed by atoms with van der Waals surface area (Å²) in [5.74, 6) is 0.825. The number of halogens is 1. The number of nitrogens with one attached hydrogen (secondary N) is 2. The average molecular weight is 441 g/mol. The van der Waals surface area contributed by atoms with Gasteiger partial charge in [0.25, 0.3) is 11.8 Å². The maximum atomic E-state index is 12.8. The van der Waals surface area contributed by atoms with Crippen LogP contribution in [0.3, 0.4) is 0 Å². The minimum Gasteiger partial charge on any atom is -0.349 e. The lowest BCUT2D eigenvalue weighted by Gasteiger charge is -2.34. The quantitative estimate of drug-likeness (QED) is 0.577. The van der Waals surface area contributed by atoms with E-state index in [-0.39, 0.29) is 17.9 Å². The Bertz CT molecular complexity index is 1020. The van der Waals surface area contributed by atoms with Crippen LogP contribution in [-0.2, 0) is 4.79 Å². The summed E-state index contributed by atoms with van der Waals surface area (Å²) in [6, 6.07) is 13.1. The van der Waals surface area contributed by atoms with Crippen LogP contribution in [0.25, 0.3) is 6.08 Å². The number of amides is 2. The summed E-state index contributed by atoms with van der Waals surface area (Å²) >= 11 is 7.44. The number of carbonyl (C=O) groups is 2. The first-order valence-electron chi connectivity index (χ1n) is 10.3. The van der Waals surface area contributed by atoms with Gasteiger partial charge in [-0.05, 0) is 60.2 Å². The summed E-state index contributed by atoms with van der Waals surface area (Å²) in [5, 5.41) is 6.74. The summed E-state index contributed by atoms with van der Waals surface area (Å²) in [6.07, 6.45) is 5.21. The molecule has 1 fully saturated rings. The van der Waals surface area contributed by atoms with E-state index >= 15 is 0 Å². The van der Waals surface area contributed by atoms with Crippen molar-refractivity contribution >= 4 is 46.9 Å². The molecule has 0 bridgehead atoms. The molecule has 30 heavy (non-hydrogen) atoms. The van der Waals surface area contributed by atoms with Gasteiger partial charge in [0, 0.05) is 21.5 Å². The van der Waals surface area contributed by atoms with Crippen LogP contribution in [0, 0.1) is 11.8 Å². The normalized spacial score (nSPS) is 24.8. The molecule has 4 nitrogen and oxygen atoms in total. The Morgan fingerprint density at radius 1 is 1.20 bits per heavy atom. The minimum absolute atomic E-state index is 0.0803. The summed E-state index contributed by atoms with van der Waals surface area (Å²) < 4.78 is 0. The molecular weight excluding hydrogens is 416 g/mol. The Morgan fingerprint density at radius 2 is 2.03 bits per heavy atom. The maximum absolute atomic E-state index is 12.8. The van der Waals surface area contributed by atoms with E-state index in [4.69, 9.17) is 11.6 Å². The van der Waals surface area contributed by atoms with E-state index < -0.39 is 0 Å². The van der Waals surface area contributed by atoms with Crippen molar-refractivity contribution in [3.8, 4) is 0 Å². The molecule has 1 heterocycles. The zero-order valence-electron chi connectivity index (χ0n) is 17.1. The van der Waals surface area contributed by atoms with Crippen molar-refractivity contribution < 1.29 is 9.59 Å². The standard InChI is InChI=1S/C24H25ClN2O2S/c1-14-5-3-8-19(15(14)2)26-23(28)17-9-10-21-20(13-17)27-24(29)22(30-21)12-16-6-4-7-18(25)11-16/h4,6-7,9-15,19H,3,5,8H2,1-2H3,(H,26,28)(H,27,29). The van der Waals surface area contributed by atoms with Crippen LogP contribution >= 0.6 is 23.4 Å². The highest BCUT2D eigenvalue weighted by atomic mass is 35.5. The number of hydrogen-bond donors (Lipinski definition) is 2. The lowest BCUT2D eigenvalue weighted by Crippen LogP contribution is -2.43. The van der Waals surface area contributed by atoms with E-state index in [1.54, 1.807) is 12.1 Å². The third-order valence-corrected chi connectivity index (χ3v) is 7.44. The van der Waals surface area contributed by atoms with Crippen LogP contribution < -0.4 is 10.6 Å². The van der Waals surface area contributed by atoms with Gasteiger partial charge in [-0.2, -0.15) is 0 Å². The van der Waals surface area contributed by atoms with Gasteiger partial charge in [0.2, 0.25) is 0 Å². The molecule has 0 saturated heterocycles. The van der Waals surface area contributed by atoms with Gasteiger partial charge in [-0.1, -0.05) is 62.2 Å². The molecule has 0 aromatic heterocycles. The van der Waals surface area contributed by atoms with E-state index in [2.05, 4.69) is 24.5 Å². The summed E-state index contributed by atoms with van der Waals surface area (Å²) in [6.45, 7) is 4.47. The van der Waals surface area contributed by atoms with Crippen LogP contribution in [0.15, 0.2) is 52.3 Å². The monoisotopic (exact) mass is 440 g/mol. The average Bonchev–Trinajstić information content (AvgIpc) is 2.71. The third-order valence-electron chi connectivity index (χ3n) is 6.10. The molecule has 0 radical (unpaired) electrons. The van der Waals surface area contributed by atoms with Crippen molar-refractivity contribution in [2.24, 2.45) is 11.8 Å². The molecule has 2 aromatic carbocycles. The van der Waals surface area contributed by atoms with Gasteiger partial charge in [-0.15, -0.1) is 0 Å². The van der Waals surface area contributed by atoms with Gasteiger partial charge < -0.3 is 10.6 Å². The second kappa shape index (κ2) is 8.86. The second-order valence-corrected chi connectivity index (χ2v) is 9.70. The van der Waals surface area contributed by atoms with Crippen molar-refractivity contribution in [3.63, 3.8) is 0 Å². The first kappa shape index (κ1) is 21.0. The van der Waals surface area contributed by atoms with Gasteiger partial charge in [0.15, 0.2) is 0 Å². The van der Waals surface area contributed by atoms with Crippen molar-refractivity contribution in [1.82, 2.24) is 5.32 Å².